The van der Waals surface area contributed by atoms with Crippen molar-refractivity contribution in [3.63, 3.8) is 0 Å². The maximum absolute atomic E-state index is 14.9. The summed E-state index contributed by atoms with van der Waals surface area (Å²) >= 11 is 0. The summed E-state index contributed by atoms with van der Waals surface area (Å²) in [4.78, 5) is 27.5. The number of hydrogen-bond acceptors (Lipinski definition) is 4. The highest BCUT2D eigenvalue weighted by Crippen LogP contribution is 2.43. The van der Waals surface area contributed by atoms with E-state index in [1.807, 2.05) is 19.9 Å². The molecule has 1 aliphatic rings. The summed E-state index contributed by atoms with van der Waals surface area (Å²) in [6.45, 7) is 3.83. The van der Waals surface area contributed by atoms with Crippen LogP contribution >= 0.6 is 0 Å². The molecule has 32 heavy (non-hydrogen) atoms. The summed E-state index contributed by atoms with van der Waals surface area (Å²) in [6.07, 6.45) is 0. The number of ether oxygens (including phenoxy) is 1. The molecule has 0 saturated carbocycles. The first-order valence-corrected chi connectivity index (χ1v) is 10.1. The van der Waals surface area contributed by atoms with E-state index in [1.165, 1.54) is 30.2 Å². The van der Waals surface area contributed by atoms with Crippen LogP contribution in [0.15, 0.2) is 72.3 Å². The molecule has 0 aromatic heterocycles. The molecule has 0 radical (unpaired) electrons. The third-order valence-electron chi connectivity index (χ3n) is 5.76. The van der Waals surface area contributed by atoms with Gasteiger partial charge in [0.2, 0.25) is 0 Å². The molecule has 5 nitrogen and oxygen atoms in total. The first kappa shape index (κ1) is 21.3. The molecule has 1 heterocycles. The Hall–Kier alpha value is -3.93. The van der Waals surface area contributed by atoms with Crippen molar-refractivity contribution in [2.24, 2.45) is 0 Å². The molecule has 1 unspecified atom stereocenters. The number of hydrogen-bond donors (Lipinski definition) is 1. The molecule has 1 fully saturated rings. The van der Waals surface area contributed by atoms with Crippen LogP contribution in [0.2, 0.25) is 0 Å². The highest BCUT2D eigenvalue weighted by molar-refractivity contribution is 6.51. The van der Waals surface area contributed by atoms with Crippen LogP contribution in [0.5, 0.6) is 5.75 Å². The fourth-order valence-electron chi connectivity index (χ4n) is 3.89. The molecule has 0 spiro atoms. The Morgan fingerprint density at radius 1 is 0.969 bits per heavy atom. The van der Waals surface area contributed by atoms with Crippen molar-refractivity contribution in [2.75, 3.05) is 12.0 Å². The van der Waals surface area contributed by atoms with Crippen LogP contribution in [0.1, 0.15) is 28.3 Å². The van der Waals surface area contributed by atoms with Gasteiger partial charge < -0.3 is 9.84 Å². The van der Waals surface area contributed by atoms with E-state index in [-0.39, 0.29) is 16.9 Å². The topological polar surface area (TPSA) is 66.8 Å². The molecular formula is C26H22FNO4. The Bertz CT molecular complexity index is 1260. The number of aliphatic hydroxyl groups excluding tert-OH is 1. The van der Waals surface area contributed by atoms with E-state index in [9.17, 15) is 19.1 Å². The molecule has 1 amide bonds. The number of amides is 1. The lowest BCUT2D eigenvalue weighted by Crippen LogP contribution is -2.30. The van der Waals surface area contributed by atoms with Gasteiger partial charge in [-0.3, -0.25) is 14.5 Å². The van der Waals surface area contributed by atoms with Gasteiger partial charge in [0.15, 0.2) is 0 Å². The molecule has 0 bridgehead atoms. The van der Waals surface area contributed by atoms with E-state index in [1.54, 1.807) is 42.5 Å². The molecule has 1 N–H and O–H groups in total. The zero-order valence-corrected chi connectivity index (χ0v) is 17.9. The Morgan fingerprint density at radius 2 is 1.72 bits per heavy atom. The lowest BCUT2D eigenvalue weighted by Gasteiger charge is -2.26. The number of methoxy groups -OCH3 is 1. The number of rotatable bonds is 4. The third kappa shape index (κ3) is 3.54. The van der Waals surface area contributed by atoms with Crippen molar-refractivity contribution < 1.29 is 23.8 Å². The quantitative estimate of drug-likeness (QED) is 0.356. The van der Waals surface area contributed by atoms with Crippen LogP contribution < -0.4 is 9.64 Å². The van der Waals surface area contributed by atoms with Gasteiger partial charge in [0.05, 0.1) is 18.7 Å². The minimum atomic E-state index is -1.12. The van der Waals surface area contributed by atoms with E-state index in [0.29, 0.717) is 17.0 Å². The first-order valence-electron chi connectivity index (χ1n) is 10.1. The van der Waals surface area contributed by atoms with Crippen molar-refractivity contribution in [2.45, 2.75) is 19.9 Å². The zero-order valence-electron chi connectivity index (χ0n) is 17.9. The number of carbonyl (C=O) groups excluding carboxylic acids is 2. The van der Waals surface area contributed by atoms with Crippen LogP contribution in [-0.2, 0) is 9.59 Å². The summed E-state index contributed by atoms with van der Waals surface area (Å²) in [7, 11) is 1.48. The average molecular weight is 431 g/mol. The monoisotopic (exact) mass is 431 g/mol. The number of aryl methyl sites for hydroxylation is 2. The van der Waals surface area contributed by atoms with E-state index in [2.05, 4.69) is 0 Å². The number of aliphatic hydroxyl groups is 1. The molecule has 3 aromatic rings. The SMILES string of the molecule is COc1cccc(/C(O)=C2\C(=O)C(=O)N(c3ccc(C)c(C)c3)C2c2ccccc2F)c1. The maximum atomic E-state index is 14.9. The van der Waals surface area contributed by atoms with Gasteiger partial charge in [0.1, 0.15) is 17.3 Å². The van der Waals surface area contributed by atoms with E-state index in [0.717, 1.165) is 11.1 Å². The summed E-state index contributed by atoms with van der Waals surface area (Å²) in [5.74, 6) is -2.20. The summed E-state index contributed by atoms with van der Waals surface area (Å²) in [5.41, 5.74) is 2.63. The van der Waals surface area contributed by atoms with Crippen LogP contribution in [0, 0.1) is 19.7 Å². The summed E-state index contributed by atoms with van der Waals surface area (Å²) < 4.78 is 20.1. The van der Waals surface area contributed by atoms with Crippen LogP contribution in [0.25, 0.3) is 5.76 Å². The number of ketones is 1. The average Bonchev–Trinajstić information content (AvgIpc) is 3.06. The Labute approximate surface area is 185 Å². The van der Waals surface area contributed by atoms with Gasteiger partial charge in [0, 0.05) is 16.8 Å². The Balaban J connectivity index is 1.98. The summed E-state index contributed by atoms with van der Waals surface area (Å²) in [6, 6.07) is 16.6. The van der Waals surface area contributed by atoms with Gasteiger partial charge in [-0.25, -0.2) is 4.39 Å². The number of carbonyl (C=O) groups is 2. The number of anilines is 1. The van der Waals surface area contributed by atoms with Crippen molar-refractivity contribution in [3.8, 4) is 5.75 Å². The fraction of sp³-hybridized carbons (Fsp3) is 0.154. The second-order valence-electron chi connectivity index (χ2n) is 7.69. The minimum Gasteiger partial charge on any atom is -0.507 e. The predicted octanol–water partition coefficient (Wildman–Crippen LogP) is 5.08. The molecule has 6 heteroatoms. The molecule has 1 aliphatic heterocycles. The van der Waals surface area contributed by atoms with Crippen molar-refractivity contribution in [3.05, 3.63) is 100 Å². The van der Waals surface area contributed by atoms with Crippen LogP contribution in [0.4, 0.5) is 10.1 Å². The molecular weight excluding hydrogens is 409 g/mol. The molecule has 162 valence electrons. The number of halogens is 1. The predicted molar refractivity (Wildman–Crippen MR) is 120 cm³/mol. The lowest BCUT2D eigenvalue weighted by atomic mass is 9.94. The molecule has 4 rings (SSSR count). The minimum absolute atomic E-state index is 0.120. The number of nitrogens with zero attached hydrogens (tertiary/aromatic N) is 1. The van der Waals surface area contributed by atoms with Crippen LogP contribution in [0.3, 0.4) is 0 Å². The van der Waals surface area contributed by atoms with E-state index < -0.39 is 23.5 Å². The molecule has 1 saturated heterocycles. The van der Waals surface area contributed by atoms with Crippen molar-refractivity contribution in [1.29, 1.82) is 0 Å². The second kappa shape index (κ2) is 8.30. The molecule has 1 atom stereocenters. The lowest BCUT2D eigenvalue weighted by molar-refractivity contribution is -0.132. The standard InChI is InChI=1S/C26H22FNO4/c1-15-11-12-18(13-16(15)2)28-23(20-9-4-5-10-21(20)27)22(25(30)26(28)31)24(29)17-7-6-8-19(14-17)32-3/h4-14,23,29H,1-3H3/b24-22+. The molecule has 0 aliphatic carbocycles. The van der Waals surface area contributed by atoms with Gasteiger partial charge >= 0.3 is 0 Å². The number of Topliss-reactive ketones (excluding diaryl/α,β-unsaturated/α-hetero) is 1. The van der Waals surface area contributed by atoms with E-state index >= 15 is 0 Å². The smallest absolute Gasteiger partial charge is 0.300 e. The van der Waals surface area contributed by atoms with Gasteiger partial charge in [-0.05, 0) is 55.3 Å². The van der Waals surface area contributed by atoms with Gasteiger partial charge in [-0.15, -0.1) is 0 Å². The highest BCUT2D eigenvalue weighted by Gasteiger charge is 2.47. The van der Waals surface area contributed by atoms with Crippen LogP contribution in [-0.4, -0.2) is 23.9 Å². The van der Waals surface area contributed by atoms with Gasteiger partial charge in [-0.1, -0.05) is 36.4 Å². The Kier molecular flexibility index (Phi) is 5.53. The highest BCUT2D eigenvalue weighted by atomic mass is 19.1. The van der Waals surface area contributed by atoms with Crippen molar-refractivity contribution in [1.82, 2.24) is 0 Å². The van der Waals surface area contributed by atoms with E-state index in [4.69, 9.17) is 4.74 Å². The third-order valence-corrected chi connectivity index (χ3v) is 5.76. The largest absolute Gasteiger partial charge is 0.507 e. The van der Waals surface area contributed by atoms with Crippen molar-refractivity contribution >= 4 is 23.1 Å². The normalized spacial score (nSPS) is 17.6. The maximum Gasteiger partial charge on any atom is 0.300 e. The number of benzene rings is 3. The van der Waals surface area contributed by atoms with Gasteiger partial charge in [0.25, 0.3) is 11.7 Å². The second-order valence-corrected chi connectivity index (χ2v) is 7.69. The van der Waals surface area contributed by atoms with Gasteiger partial charge in [-0.2, -0.15) is 0 Å². The zero-order chi connectivity index (χ0) is 23.0. The Morgan fingerprint density at radius 3 is 2.41 bits per heavy atom. The molecule has 3 aromatic carbocycles. The fourth-order valence-corrected chi connectivity index (χ4v) is 3.89. The summed E-state index contributed by atoms with van der Waals surface area (Å²) in [5, 5.41) is 11.1. The first-order chi connectivity index (χ1) is 15.3.